The first-order valence-corrected chi connectivity index (χ1v) is 3.65. The minimum atomic E-state index is -0.591. The Labute approximate surface area is 75.1 Å². The van der Waals surface area contributed by atoms with Gasteiger partial charge in [-0.15, -0.1) is 0 Å². The van der Waals surface area contributed by atoms with E-state index in [2.05, 4.69) is 10.0 Å². The molecule has 0 bridgehead atoms. The molecule has 4 heteroatoms. The first-order chi connectivity index (χ1) is 6.33. The molecule has 1 aromatic carbocycles. The smallest absolute Gasteiger partial charge is 0.242 e. The minimum Gasteiger partial charge on any atom is -0.288 e. The van der Waals surface area contributed by atoms with Crippen LogP contribution in [0, 0.1) is 0 Å². The van der Waals surface area contributed by atoms with Crippen LogP contribution in [0.2, 0.25) is 0 Å². The van der Waals surface area contributed by atoms with Crippen LogP contribution < -0.4 is 0 Å². The van der Waals surface area contributed by atoms with Gasteiger partial charge in [0.1, 0.15) is 0 Å². The van der Waals surface area contributed by atoms with Crippen LogP contribution in [0.5, 0.6) is 0 Å². The van der Waals surface area contributed by atoms with E-state index in [0.717, 1.165) is 5.56 Å². The van der Waals surface area contributed by atoms with Crippen molar-refractivity contribution in [3.63, 3.8) is 0 Å². The van der Waals surface area contributed by atoms with Crippen molar-refractivity contribution < 1.29 is 4.79 Å². The van der Waals surface area contributed by atoms with Crippen molar-refractivity contribution in [2.45, 2.75) is 0 Å². The zero-order chi connectivity index (χ0) is 9.52. The molecule has 0 radical (unpaired) electrons. The average molecular weight is 173 g/mol. The van der Waals surface area contributed by atoms with Crippen molar-refractivity contribution in [1.29, 1.82) is 0 Å². The molecule has 0 atom stereocenters. The normalized spacial score (nSPS) is 9.54. The maximum Gasteiger partial charge on any atom is 0.242 e. The SMILES string of the molecule is [N-]=[N+]=NC(=O)/C=C/c1ccccc1. The quantitative estimate of drug-likeness (QED) is 0.293. The second kappa shape index (κ2) is 4.74. The molecule has 0 aliphatic rings. The summed E-state index contributed by atoms with van der Waals surface area (Å²) >= 11 is 0. The lowest BCUT2D eigenvalue weighted by molar-refractivity contribution is -0.113. The van der Waals surface area contributed by atoms with Crippen LogP contribution in [0.1, 0.15) is 5.56 Å². The molecule has 0 fully saturated rings. The lowest BCUT2D eigenvalue weighted by atomic mass is 10.2. The number of benzene rings is 1. The van der Waals surface area contributed by atoms with Gasteiger partial charge in [0, 0.05) is 4.91 Å². The molecule has 0 saturated heterocycles. The van der Waals surface area contributed by atoms with Crippen LogP contribution in [0.25, 0.3) is 16.5 Å². The van der Waals surface area contributed by atoms with Gasteiger partial charge < -0.3 is 0 Å². The molecule has 1 aromatic rings. The number of carbonyl (C=O) groups excluding carboxylic acids is 1. The minimum absolute atomic E-state index is 0.591. The van der Waals surface area contributed by atoms with Gasteiger partial charge in [0.25, 0.3) is 0 Å². The van der Waals surface area contributed by atoms with E-state index in [9.17, 15) is 4.79 Å². The Bertz CT molecular complexity index is 364. The second-order valence-corrected chi connectivity index (χ2v) is 2.27. The van der Waals surface area contributed by atoms with Crippen molar-refractivity contribution in [1.82, 2.24) is 0 Å². The number of hydrogen-bond acceptors (Lipinski definition) is 1. The molecule has 4 nitrogen and oxygen atoms in total. The van der Waals surface area contributed by atoms with Gasteiger partial charge in [0.15, 0.2) is 0 Å². The molecule has 0 unspecified atom stereocenters. The number of hydrogen-bond donors (Lipinski definition) is 0. The summed E-state index contributed by atoms with van der Waals surface area (Å²) in [4.78, 5) is 13.1. The van der Waals surface area contributed by atoms with E-state index >= 15 is 0 Å². The van der Waals surface area contributed by atoms with E-state index in [1.807, 2.05) is 30.3 Å². The monoisotopic (exact) mass is 173 g/mol. The molecular weight excluding hydrogens is 166 g/mol. The fourth-order valence-corrected chi connectivity index (χ4v) is 0.809. The van der Waals surface area contributed by atoms with Crippen molar-refractivity contribution in [2.24, 2.45) is 5.11 Å². The van der Waals surface area contributed by atoms with Crippen LogP contribution >= 0.6 is 0 Å². The Morgan fingerprint density at radius 2 is 2.08 bits per heavy atom. The number of amides is 1. The lowest BCUT2D eigenvalue weighted by Gasteiger charge is -1.88. The number of nitrogens with zero attached hydrogens (tertiary/aromatic N) is 3. The number of azide groups is 1. The summed E-state index contributed by atoms with van der Waals surface area (Å²) in [6.07, 6.45) is 2.83. The van der Waals surface area contributed by atoms with Crippen LogP contribution in [0.4, 0.5) is 0 Å². The van der Waals surface area contributed by atoms with Crippen LogP contribution in [-0.4, -0.2) is 5.91 Å². The van der Waals surface area contributed by atoms with Gasteiger partial charge in [-0.2, -0.15) is 0 Å². The molecule has 0 N–H and O–H groups in total. The highest BCUT2D eigenvalue weighted by molar-refractivity contribution is 5.92. The van der Waals surface area contributed by atoms with E-state index in [0.29, 0.717) is 0 Å². The Hall–Kier alpha value is -2.06. The molecule has 0 spiro atoms. The third kappa shape index (κ3) is 3.22. The lowest BCUT2D eigenvalue weighted by Crippen LogP contribution is -1.81. The number of carbonyl (C=O) groups is 1. The van der Waals surface area contributed by atoms with Crippen LogP contribution in [0.3, 0.4) is 0 Å². The Morgan fingerprint density at radius 3 is 2.69 bits per heavy atom. The molecule has 64 valence electrons. The van der Waals surface area contributed by atoms with Gasteiger partial charge in [-0.1, -0.05) is 36.4 Å². The maximum atomic E-state index is 10.7. The topological polar surface area (TPSA) is 65.8 Å². The molecule has 0 aromatic heterocycles. The van der Waals surface area contributed by atoms with Gasteiger partial charge >= 0.3 is 0 Å². The van der Waals surface area contributed by atoms with Crippen molar-refractivity contribution in [3.8, 4) is 0 Å². The van der Waals surface area contributed by atoms with E-state index in [4.69, 9.17) is 5.53 Å². The summed E-state index contributed by atoms with van der Waals surface area (Å²) in [5, 5.41) is 2.89. The molecule has 0 saturated carbocycles. The van der Waals surface area contributed by atoms with E-state index in [1.165, 1.54) is 6.08 Å². The summed E-state index contributed by atoms with van der Waals surface area (Å²) in [6, 6.07) is 9.29. The van der Waals surface area contributed by atoms with Crippen LogP contribution in [-0.2, 0) is 4.79 Å². The predicted molar refractivity (Wildman–Crippen MR) is 49.6 cm³/mol. The van der Waals surface area contributed by atoms with Crippen LogP contribution in [0.15, 0.2) is 41.5 Å². The zero-order valence-corrected chi connectivity index (χ0v) is 6.79. The van der Waals surface area contributed by atoms with Gasteiger partial charge in [-0.3, -0.25) is 4.79 Å². The predicted octanol–water partition coefficient (Wildman–Crippen LogP) is 2.54. The Morgan fingerprint density at radius 1 is 1.38 bits per heavy atom. The highest BCUT2D eigenvalue weighted by Crippen LogP contribution is 2.00. The Balaban J connectivity index is 2.69. The van der Waals surface area contributed by atoms with E-state index < -0.39 is 5.91 Å². The fraction of sp³-hybridized carbons (Fsp3) is 0. The highest BCUT2D eigenvalue weighted by Gasteiger charge is 1.88. The number of rotatable bonds is 2. The summed E-state index contributed by atoms with van der Waals surface area (Å²) in [6.45, 7) is 0. The summed E-state index contributed by atoms with van der Waals surface area (Å²) in [5.74, 6) is -0.591. The maximum absolute atomic E-state index is 10.7. The standard InChI is InChI=1S/C9H7N3O/c10-12-11-9(13)7-6-8-4-2-1-3-5-8/h1-7H/b7-6+. The van der Waals surface area contributed by atoms with Gasteiger partial charge in [0.05, 0.1) is 0 Å². The Kier molecular flexibility index (Phi) is 3.30. The van der Waals surface area contributed by atoms with Gasteiger partial charge in [-0.05, 0) is 22.3 Å². The first kappa shape index (κ1) is 9.03. The molecule has 0 heterocycles. The third-order valence-corrected chi connectivity index (χ3v) is 1.36. The summed E-state index contributed by atoms with van der Waals surface area (Å²) < 4.78 is 0. The second-order valence-electron chi connectivity index (χ2n) is 2.27. The molecule has 0 aliphatic heterocycles. The van der Waals surface area contributed by atoms with Crippen molar-refractivity contribution in [2.75, 3.05) is 0 Å². The summed E-state index contributed by atoms with van der Waals surface area (Å²) in [5.41, 5.74) is 8.83. The molecular formula is C9H7N3O. The zero-order valence-electron chi connectivity index (χ0n) is 6.79. The highest BCUT2D eigenvalue weighted by atomic mass is 16.1. The fourth-order valence-electron chi connectivity index (χ4n) is 0.809. The third-order valence-electron chi connectivity index (χ3n) is 1.36. The first-order valence-electron chi connectivity index (χ1n) is 3.65. The molecule has 1 amide bonds. The van der Waals surface area contributed by atoms with E-state index in [-0.39, 0.29) is 0 Å². The van der Waals surface area contributed by atoms with Crippen molar-refractivity contribution in [3.05, 3.63) is 52.4 Å². The van der Waals surface area contributed by atoms with Crippen molar-refractivity contribution >= 4 is 12.0 Å². The van der Waals surface area contributed by atoms with E-state index in [1.54, 1.807) is 6.08 Å². The summed E-state index contributed by atoms with van der Waals surface area (Å²) in [7, 11) is 0. The molecule has 0 aliphatic carbocycles. The largest absolute Gasteiger partial charge is 0.288 e. The van der Waals surface area contributed by atoms with Gasteiger partial charge in [-0.25, -0.2) is 0 Å². The average Bonchev–Trinajstić information content (AvgIpc) is 2.17. The van der Waals surface area contributed by atoms with Gasteiger partial charge in [0.2, 0.25) is 5.91 Å². The molecule has 13 heavy (non-hydrogen) atoms. The molecule has 1 rings (SSSR count).